The Morgan fingerprint density at radius 2 is 1.84 bits per heavy atom. The van der Waals surface area contributed by atoms with E-state index in [0.717, 1.165) is 22.4 Å². The van der Waals surface area contributed by atoms with Crippen LogP contribution in [0, 0.1) is 5.41 Å². The maximum Gasteiger partial charge on any atom is 0.122 e. The number of nitrogens with two attached hydrogens (primary N) is 1. The van der Waals surface area contributed by atoms with Gasteiger partial charge in [0.15, 0.2) is 0 Å². The topological polar surface area (TPSA) is 62.8 Å². The van der Waals surface area contributed by atoms with E-state index in [1.165, 1.54) is 0 Å². The number of amidine groups is 1. The van der Waals surface area contributed by atoms with Gasteiger partial charge in [-0.3, -0.25) is 10.4 Å². The molecular formula is C16H19N3. The average Bonchev–Trinajstić information content (AvgIpc) is 2.38. The number of nitrogens with zero attached hydrogens (tertiary/aromatic N) is 1. The van der Waals surface area contributed by atoms with Crippen LogP contribution in [0.25, 0.3) is 11.1 Å². The van der Waals surface area contributed by atoms with E-state index in [2.05, 4.69) is 37.9 Å². The van der Waals surface area contributed by atoms with Gasteiger partial charge in [-0.1, -0.05) is 45.0 Å². The first-order valence-corrected chi connectivity index (χ1v) is 6.29. The molecule has 0 spiro atoms. The molecule has 0 saturated carbocycles. The maximum absolute atomic E-state index is 7.47. The van der Waals surface area contributed by atoms with Gasteiger partial charge >= 0.3 is 0 Å². The highest BCUT2D eigenvalue weighted by molar-refractivity contribution is 5.96. The summed E-state index contributed by atoms with van der Waals surface area (Å²) in [7, 11) is 0. The molecule has 3 heteroatoms. The number of benzene rings is 1. The summed E-state index contributed by atoms with van der Waals surface area (Å²) in [5.41, 5.74) is 9.43. The quantitative estimate of drug-likeness (QED) is 0.637. The first-order valence-electron chi connectivity index (χ1n) is 6.29. The van der Waals surface area contributed by atoms with E-state index < -0.39 is 0 Å². The van der Waals surface area contributed by atoms with Gasteiger partial charge in [-0.15, -0.1) is 0 Å². The number of aromatic nitrogens is 1. The van der Waals surface area contributed by atoms with E-state index in [4.69, 9.17) is 11.1 Å². The predicted molar refractivity (Wildman–Crippen MR) is 79.4 cm³/mol. The lowest BCUT2D eigenvalue weighted by atomic mass is 9.91. The van der Waals surface area contributed by atoms with Gasteiger partial charge in [-0.05, 0) is 17.7 Å². The van der Waals surface area contributed by atoms with Gasteiger partial charge in [0.1, 0.15) is 5.84 Å². The second-order valence-electron chi connectivity index (χ2n) is 5.68. The lowest BCUT2D eigenvalue weighted by Crippen LogP contribution is -2.13. The molecule has 0 bridgehead atoms. The van der Waals surface area contributed by atoms with Crippen LogP contribution in [0.4, 0.5) is 0 Å². The van der Waals surface area contributed by atoms with Crippen LogP contribution in [0.5, 0.6) is 0 Å². The second-order valence-corrected chi connectivity index (χ2v) is 5.68. The zero-order chi connectivity index (χ0) is 14.0. The predicted octanol–water partition coefficient (Wildman–Crippen LogP) is 3.33. The van der Waals surface area contributed by atoms with Crippen LogP contribution in [-0.4, -0.2) is 10.8 Å². The Bertz CT molecular complexity index is 592. The molecule has 0 aliphatic rings. The van der Waals surface area contributed by atoms with Crippen molar-refractivity contribution in [3.63, 3.8) is 0 Å². The molecular weight excluding hydrogens is 234 g/mol. The Kier molecular flexibility index (Phi) is 3.38. The molecule has 98 valence electrons. The first kappa shape index (κ1) is 13.3. The van der Waals surface area contributed by atoms with Crippen LogP contribution in [0.15, 0.2) is 42.6 Å². The Hall–Kier alpha value is -2.16. The van der Waals surface area contributed by atoms with Crippen molar-refractivity contribution < 1.29 is 0 Å². The number of rotatable bonds is 2. The summed E-state index contributed by atoms with van der Waals surface area (Å²) in [6, 6.07) is 11.8. The van der Waals surface area contributed by atoms with Crippen LogP contribution >= 0.6 is 0 Å². The summed E-state index contributed by atoms with van der Waals surface area (Å²) in [5, 5.41) is 7.47. The molecule has 2 aromatic rings. The van der Waals surface area contributed by atoms with Crippen LogP contribution in [-0.2, 0) is 5.41 Å². The molecule has 0 saturated heterocycles. The van der Waals surface area contributed by atoms with Crippen molar-refractivity contribution in [1.82, 2.24) is 4.98 Å². The summed E-state index contributed by atoms with van der Waals surface area (Å²) in [4.78, 5) is 4.52. The first-order chi connectivity index (χ1) is 8.88. The van der Waals surface area contributed by atoms with Crippen LogP contribution in [0.3, 0.4) is 0 Å². The molecule has 0 unspecified atom stereocenters. The highest BCUT2D eigenvalue weighted by Crippen LogP contribution is 2.24. The minimum atomic E-state index is 0.0553. The SMILES string of the molecule is CC(C)(C)c1ccc(-c2cccc(C(=N)N)c2)cn1. The fraction of sp³-hybridized carbons (Fsp3) is 0.250. The fourth-order valence-electron chi connectivity index (χ4n) is 1.87. The highest BCUT2D eigenvalue weighted by atomic mass is 14.7. The highest BCUT2D eigenvalue weighted by Gasteiger charge is 2.14. The molecule has 1 aromatic carbocycles. The summed E-state index contributed by atoms with van der Waals surface area (Å²) in [5.74, 6) is 0.0844. The Balaban J connectivity index is 2.37. The molecule has 1 aromatic heterocycles. The normalized spacial score (nSPS) is 11.3. The summed E-state index contributed by atoms with van der Waals surface area (Å²) < 4.78 is 0. The summed E-state index contributed by atoms with van der Waals surface area (Å²) in [6.45, 7) is 6.43. The molecule has 0 aliphatic carbocycles. The van der Waals surface area contributed by atoms with Gasteiger partial charge in [0.05, 0.1) is 0 Å². The largest absolute Gasteiger partial charge is 0.384 e. The van der Waals surface area contributed by atoms with Gasteiger partial charge in [0.25, 0.3) is 0 Å². The van der Waals surface area contributed by atoms with E-state index in [1.54, 1.807) is 0 Å². The van der Waals surface area contributed by atoms with E-state index in [0.29, 0.717) is 0 Å². The van der Waals surface area contributed by atoms with Crippen LogP contribution in [0.1, 0.15) is 32.0 Å². The summed E-state index contributed by atoms with van der Waals surface area (Å²) in [6.07, 6.45) is 1.87. The molecule has 19 heavy (non-hydrogen) atoms. The standard InChI is InChI=1S/C16H19N3/c1-16(2,3)14-8-7-13(10-19-14)11-5-4-6-12(9-11)15(17)18/h4-10H,1-3H3,(H3,17,18). The molecule has 0 aliphatic heterocycles. The lowest BCUT2D eigenvalue weighted by molar-refractivity contribution is 0.569. The zero-order valence-electron chi connectivity index (χ0n) is 11.6. The van der Waals surface area contributed by atoms with E-state index in [9.17, 15) is 0 Å². The number of nitrogens with one attached hydrogen (secondary N) is 1. The number of pyridine rings is 1. The molecule has 3 N–H and O–H groups in total. The van der Waals surface area contributed by atoms with Crippen molar-refractivity contribution in [1.29, 1.82) is 5.41 Å². The van der Waals surface area contributed by atoms with Crippen LogP contribution in [0.2, 0.25) is 0 Å². The lowest BCUT2D eigenvalue weighted by Gasteiger charge is -2.17. The third kappa shape index (κ3) is 2.99. The van der Waals surface area contributed by atoms with Crippen molar-refractivity contribution >= 4 is 5.84 Å². The Labute approximate surface area is 114 Å². The van der Waals surface area contributed by atoms with Crippen molar-refractivity contribution in [3.05, 3.63) is 53.9 Å². The van der Waals surface area contributed by atoms with Gasteiger partial charge in [-0.2, -0.15) is 0 Å². The fourth-order valence-corrected chi connectivity index (χ4v) is 1.87. The third-order valence-corrected chi connectivity index (χ3v) is 3.04. The number of hydrogen-bond donors (Lipinski definition) is 2. The third-order valence-electron chi connectivity index (χ3n) is 3.04. The molecule has 3 nitrogen and oxygen atoms in total. The van der Waals surface area contributed by atoms with E-state index >= 15 is 0 Å². The van der Waals surface area contributed by atoms with Crippen molar-refractivity contribution in [3.8, 4) is 11.1 Å². The molecule has 1 heterocycles. The van der Waals surface area contributed by atoms with Gasteiger partial charge in [-0.25, -0.2) is 0 Å². The molecule has 2 rings (SSSR count). The van der Waals surface area contributed by atoms with Gasteiger partial charge in [0, 0.05) is 28.4 Å². The van der Waals surface area contributed by atoms with Crippen molar-refractivity contribution in [2.45, 2.75) is 26.2 Å². The Morgan fingerprint density at radius 1 is 1.11 bits per heavy atom. The second kappa shape index (κ2) is 4.84. The zero-order valence-corrected chi connectivity index (χ0v) is 11.6. The molecule has 0 radical (unpaired) electrons. The van der Waals surface area contributed by atoms with E-state index in [-0.39, 0.29) is 11.3 Å². The van der Waals surface area contributed by atoms with Crippen molar-refractivity contribution in [2.75, 3.05) is 0 Å². The minimum absolute atomic E-state index is 0.0553. The summed E-state index contributed by atoms with van der Waals surface area (Å²) >= 11 is 0. The van der Waals surface area contributed by atoms with E-state index in [1.807, 2.05) is 30.5 Å². The van der Waals surface area contributed by atoms with Gasteiger partial charge in [0.2, 0.25) is 0 Å². The Morgan fingerprint density at radius 3 is 2.37 bits per heavy atom. The minimum Gasteiger partial charge on any atom is -0.384 e. The smallest absolute Gasteiger partial charge is 0.122 e. The number of nitrogen functional groups attached to an aromatic ring is 1. The average molecular weight is 253 g/mol. The van der Waals surface area contributed by atoms with Gasteiger partial charge < -0.3 is 5.73 Å². The van der Waals surface area contributed by atoms with Crippen LogP contribution < -0.4 is 5.73 Å². The molecule has 0 fully saturated rings. The maximum atomic E-state index is 7.47. The van der Waals surface area contributed by atoms with Crippen molar-refractivity contribution in [2.24, 2.45) is 5.73 Å². The molecule has 0 amide bonds. The monoisotopic (exact) mass is 253 g/mol. The molecule has 0 atom stereocenters. The number of hydrogen-bond acceptors (Lipinski definition) is 2.